The molecule has 0 atom stereocenters. The van der Waals surface area contributed by atoms with Gasteiger partial charge in [-0.05, 0) is 19.1 Å². The monoisotopic (exact) mass is 284 g/mol. The van der Waals surface area contributed by atoms with Gasteiger partial charge < -0.3 is 9.67 Å². The molecular weight excluding hydrogens is 272 g/mol. The molecule has 0 radical (unpaired) electrons. The molecular formula is C14H12N4O3. The number of carbonyl (C=O) groups is 1. The predicted molar refractivity (Wildman–Crippen MR) is 75.3 cm³/mol. The van der Waals surface area contributed by atoms with Crippen LogP contribution < -0.4 is 5.56 Å². The van der Waals surface area contributed by atoms with Crippen LogP contribution in [0.25, 0.3) is 17.0 Å². The van der Waals surface area contributed by atoms with Crippen LogP contribution in [-0.4, -0.2) is 30.2 Å². The first-order valence-electron chi connectivity index (χ1n) is 6.40. The van der Waals surface area contributed by atoms with Gasteiger partial charge in [0.2, 0.25) is 0 Å². The Hall–Kier alpha value is -2.96. The van der Waals surface area contributed by atoms with E-state index in [0.29, 0.717) is 23.6 Å². The Morgan fingerprint density at radius 2 is 2.10 bits per heavy atom. The predicted octanol–water partition coefficient (Wildman–Crippen LogP) is 1.28. The topological polar surface area (TPSA) is 89.5 Å². The van der Waals surface area contributed by atoms with E-state index in [0.717, 1.165) is 6.07 Å². The standard InChI is InChI=1S/C14H12N4O3/c1-2-17-11(14(20)21)8-13(19)18-12(17)7-10(16-18)9-5-3-4-6-15-9/h3-8H,2H2,1H3,(H,20,21). The lowest BCUT2D eigenvalue weighted by Crippen LogP contribution is -2.23. The Balaban J connectivity index is 2.33. The van der Waals surface area contributed by atoms with Crippen LogP contribution in [0.3, 0.4) is 0 Å². The molecule has 0 spiro atoms. The number of rotatable bonds is 3. The first-order valence-corrected chi connectivity index (χ1v) is 6.40. The summed E-state index contributed by atoms with van der Waals surface area (Å²) in [5.41, 5.74) is 1.05. The molecule has 0 aromatic carbocycles. The molecule has 21 heavy (non-hydrogen) atoms. The van der Waals surface area contributed by atoms with Gasteiger partial charge in [0.05, 0.1) is 5.69 Å². The number of pyridine rings is 1. The number of hydrogen-bond acceptors (Lipinski definition) is 4. The fourth-order valence-electron chi connectivity index (χ4n) is 2.25. The summed E-state index contributed by atoms with van der Waals surface area (Å²) in [7, 11) is 0. The number of carboxylic acids is 1. The second kappa shape index (κ2) is 4.86. The maximum Gasteiger partial charge on any atom is 0.352 e. The Morgan fingerprint density at radius 3 is 2.71 bits per heavy atom. The van der Waals surface area contributed by atoms with Gasteiger partial charge in [0, 0.05) is 24.9 Å². The molecule has 0 bridgehead atoms. The van der Waals surface area contributed by atoms with Gasteiger partial charge in [-0.2, -0.15) is 9.61 Å². The number of aromatic carboxylic acids is 1. The smallest absolute Gasteiger partial charge is 0.352 e. The highest BCUT2D eigenvalue weighted by Crippen LogP contribution is 2.17. The normalized spacial score (nSPS) is 10.9. The molecule has 3 aromatic rings. The Labute approximate surface area is 119 Å². The van der Waals surface area contributed by atoms with Crippen molar-refractivity contribution in [1.82, 2.24) is 19.2 Å². The third kappa shape index (κ3) is 2.08. The quantitative estimate of drug-likeness (QED) is 0.782. The van der Waals surface area contributed by atoms with Crippen molar-refractivity contribution >= 4 is 11.6 Å². The third-order valence-electron chi connectivity index (χ3n) is 3.19. The van der Waals surface area contributed by atoms with E-state index in [2.05, 4.69) is 10.1 Å². The van der Waals surface area contributed by atoms with E-state index in [1.54, 1.807) is 24.4 Å². The van der Waals surface area contributed by atoms with Gasteiger partial charge in [-0.25, -0.2) is 4.79 Å². The van der Waals surface area contributed by atoms with Crippen molar-refractivity contribution in [2.75, 3.05) is 0 Å². The van der Waals surface area contributed by atoms with Crippen molar-refractivity contribution in [2.45, 2.75) is 13.5 Å². The summed E-state index contributed by atoms with van der Waals surface area (Å²) in [4.78, 5) is 27.5. The summed E-state index contributed by atoms with van der Waals surface area (Å²) >= 11 is 0. The molecule has 0 saturated carbocycles. The average Bonchev–Trinajstić information content (AvgIpc) is 2.93. The van der Waals surface area contributed by atoms with Crippen LogP contribution >= 0.6 is 0 Å². The van der Waals surface area contributed by atoms with Gasteiger partial charge in [0.15, 0.2) is 0 Å². The molecule has 0 unspecified atom stereocenters. The minimum absolute atomic E-state index is 0.0533. The minimum Gasteiger partial charge on any atom is -0.477 e. The maximum absolute atomic E-state index is 12.0. The summed E-state index contributed by atoms with van der Waals surface area (Å²) in [6.45, 7) is 2.23. The SMILES string of the molecule is CCn1c(C(=O)O)cc(=O)n2nc(-c3ccccn3)cc12. The van der Waals surface area contributed by atoms with Crippen LogP contribution in [0.4, 0.5) is 0 Å². The van der Waals surface area contributed by atoms with Crippen LogP contribution in [-0.2, 0) is 6.54 Å². The molecule has 7 heteroatoms. The second-order valence-electron chi connectivity index (χ2n) is 4.43. The molecule has 0 saturated heterocycles. The zero-order valence-corrected chi connectivity index (χ0v) is 11.2. The highest BCUT2D eigenvalue weighted by atomic mass is 16.4. The zero-order valence-electron chi connectivity index (χ0n) is 11.2. The van der Waals surface area contributed by atoms with Gasteiger partial charge in [-0.3, -0.25) is 9.78 Å². The summed E-state index contributed by atoms with van der Waals surface area (Å²) in [5, 5.41) is 13.4. The zero-order chi connectivity index (χ0) is 15.0. The van der Waals surface area contributed by atoms with Crippen molar-refractivity contribution in [2.24, 2.45) is 0 Å². The number of hydrogen-bond donors (Lipinski definition) is 1. The summed E-state index contributed by atoms with van der Waals surface area (Å²) < 4.78 is 2.73. The van der Waals surface area contributed by atoms with Crippen molar-refractivity contribution in [3.63, 3.8) is 0 Å². The van der Waals surface area contributed by atoms with Crippen molar-refractivity contribution in [3.05, 3.63) is 52.6 Å². The third-order valence-corrected chi connectivity index (χ3v) is 3.19. The van der Waals surface area contributed by atoms with Gasteiger partial charge in [-0.1, -0.05) is 6.07 Å². The van der Waals surface area contributed by atoms with Crippen LogP contribution in [0.1, 0.15) is 17.4 Å². The number of carboxylic acid groups (broad SMARTS) is 1. The maximum atomic E-state index is 12.0. The molecule has 106 valence electrons. The van der Waals surface area contributed by atoms with E-state index in [1.165, 1.54) is 9.08 Å². The first-order chi connectivity index (χ1) is 10.1. The molecule has 1 N–H and O–H groups in total. The Kier molecular flexibility index (Phi) is 3.02. The summed E-state index contributed by atoms with van der Waals surface area (Å²) in [6, 6.07) is 8.13. The van der Waals surface area contributed by atoms with E-state index >= 15 is 0 Å². The number of aromatic nitrogens is 4. The van der Waals surface area contributed by atoms with Crippen LogP contribution in [0.15, 0.2) is 41.3 Å². The highest BCUT2D eigenvalue weighted by molar-refractivity contribution is 5.86. The number of fused-ring (bicyclic) bond motifs is 1. The van der Waals surface area contributed by atoms with Gasteiger partial charge in [0.25, 0.3) is 5.56 Å². The summed E-state index contributed by atoms with van der Waals surface area (Å²) in [6.07, 6.45) is 1.63. The molecule has 0 aliphatic heterocycles. The minimum atomic E-state index is -1.14. The van der Waals surface area contributed by atoms with Gasteiger partial charge in [-0.15, -0.1) is 0 Å². The van der Waals surface area contributed by atoms with E-state index < -0.39 is 11.5 Å². The molecule has 0 aliphatic carbocycles. The van der Waals surface area contributed by atoms with Crippen LogP contribution in [0, 0.1) is 0 Å². The van der Waals surface area contributed by atoms with Crippen LogP contribution in [0.5, 0.6) is 0 Å². The van der Waals surface area contributed by atoms with Crippen molar-refractivity contribution in [3.8, 4) is 11.4 Å². The first kappa shape index (κ1) is 13.0. The van der Waals surface area contributed by atoms with Gasteiger partial charge in [0.1, 0.15) is 17.0 Å². The highest BCUT2D eigenvalue weighted by Gasteiger charge is 2.16. The van der Waals surface area contributed by atoms with Crippen molar-refractivity contribution in [1.29, 1.82) is 0 Å². The van der Waals surface area contributed by atoms with E-state index in [4.69, 9.17) is 0 Å². The molecule has 0 fully saturated rings. The molecule has 7 nitrogen and oxygen atoms in total. The fourth-order valence-corrected chi connectivity index (χ4v) is 2.25. The summed E-state index contributed by atoms with van der Waals surface area (Å²) in [5.74, 6) is -1.14. The molecule has 3 rings (SSSR count). The van der Waals surface area contributed by atoms with Gasteiger partial charge >= 0.3 is 5.97 Å². The lowest BCUT2D eigenvalue weighted by molar-refractivity contribution is 0.0684. The van der Waals surface area contributed by atoms with E-state index in [1.807, 2.05) is 13.0 Å². The number of aryl methyl sites for hydroxylation is 1. The van der Waals surface area contributed by atoms with E-state index in [-0.39, 0.29) is 5.69 Å². The van der Waals surface area contributed by atoms with E-state index in [9.17, 15) is 14.7 Å². The van der Waals surface area contributed by atoms with Crippen molar-refractivity contribution < 1.29 is 9.90 Å². The Bertz CT molecular complexity index is 880. The second-order valence-corrected chi connectivity index (χ2v) is 4.43. The Morgan fingerprint density at radius 1 is 1.29 bits per heavy atom. The fraction of sp³-hybridized carbons (Fsp3) is 0.143. The molecule has 3 aromatic heterocycles. The van der Waals surface area contributed by atoms with Crippen LogP contribution in [0.2, 0.25) is 0 Å². The average molecular weight is 284 g/mol. The molecule has 3 heterocycles. The lowest BCUT2D eigenvalue weighted by atomic mass is 10.3. The number of nitrogens with zero attached hydrogens (tertiary/aromatic N) is 4. The lowest BCUT2D eigenvalue weighted by Gasteiger charge is -2.09. The largest absolute Gasteiger partial charge is 0.477 e. The molecule has 0 amide bonds. The molecule has 0 aliphatic rings.